The summed E-state index contributed by atoms with van der Waals surface area (Å²) in [7, 11) is 0. The van der Waals surface area contributed by atoms with Gasteiger partial charge in [-0.3, -0.25) is 19.3 Å². The van der Waals surface area contributed by atoms with E-state index >= 15 is 0 Å². The van der Waals surface area contributed by atoms with E-state index in [4.69, 9.17) is 17.3 Å². The Bertz CT molecular complexity index is 765. The van der Waals surface area contributed by atoms with Gasteiger partial charge in [0, 0.05) is 13.0 Å². The Morgan fingerprint density at radius 1 is 1.22 bits per heavy atom. The van der Waals surface area contributed by atoms with Crippen molar-refractivity contribution in [2.45, 2.75) is 25.7 Å². The molecule has 2 N–H and O–H groups in total. The molecule has 1 fully saturated rings. The second-order valence-corrected chi connectivity index (χ2v) is 7.55. The number of thiocarbonyl (C=S) groups is 1. The number of carbonyl (C=O) groups is 3. The summed E-state index contributed by atoms with van der Waals surface area (Å²) in [5.41, 5.74) is 0.669. The monoisotopic (exact) mass is 410 g/mol. The molecule has 1 aliphatic heterocycles. The molecule has 144 valence electrons. The van der Waals surface area contributed by atoms with E-state index in [1.165, 1.54) is 17.0 Å². The Morgan fingerprint density at radius 3 is 2.59 bits per heavy atom. The van der Waals surface area contributed by atoms with Gasteiger partial charge in [0.2, 0.25) is 5.91 Å². The third-order valence-corrected chi connectivity index (χ3v) is 5.11. The Hall–Kier alpha value is -2.26. The summed E-state index contributed by atoms with van der Waals surface area (Å²) in [5, 5.41) is 11.3. The first-order valence-corrected chi connectivity index (χ1v) is 9.58. The highest BCUT2D eigenvalue weighted by molar-refractivity contribution is 8.26. The summed E-state index contributed by atoms with van der Waals surface area (Å²) in [4.78, 5) is 36.5. The van der Waals surface area contributed by atoms with Crippen LogP contribution in [0.1, 0.15) is 31.2 Å². The van der Waals surface area contributed by atoms with Crippen LogP contribution in [0.2, 0.25) is 0 Å². The van der Waals surface area contributed by atoms with Crippen LogP contribution in [0.3, 0.4) is 0 Å². The largest absolute Gasteiger partial charge is 0.481 e. The van der Waals surface area contributed by atoms with E-state index in [1.807, 2.05) is 0 Å². The lowest BCUT2D eigenvalue weighted by Gasteiger charge is -2.14. The molecule has 0 atom stereocenters. The zero-order valence-corrected chi connectivity index (χ0v) is 16.1. The lowest BCUT2D eigenvalue weighted by atomic mass is 10.2. The Kier molecular flexibility index (Phi) is 7.93. The van der Waals surface area contributed by atoms with Gasteiger partial charge in [-0.15, -0.1) is 0 Å². The molecule has 1 aromatic carbocycles. The quantitative estimate of drug-likeness (QED) is 0.370. The second-order valence-electron chi connectivity index (χ2n) is 5.87. The van der Waals surface area contributed by atoms with E-state index in [0.717, 1.165) is 11.8 Å². The maximum absolute atomic E-state index is 13.0. The summed E-state index contributed by atoms with van der Waals surface area (Å²) < 4.78 is 13.3. The molecule has 27 heavy (non-hydrogen) atoms. The van der Waals surface area contributed by atoms with Gasteiger partial charge in [0.15, 0.2) is 0 Å². The molecule has 0 bridgehead atoms. The van der Waals surface area contributed by atoms with Crippen LogP contribution in [-0.2, 0) is 14.4 Å². The minimum atomic E-state index is -0.831. The van der Waals surface area contributed by atoms with Crippen LogP contribution in [0.15, 0.2) is 29.2 Å². The number of aliphatic carboxylic acids is 1. The van der Waals surface area contributed by atoms with Crippen LogP contribution < -0.4 is 5.32 Å². The Labute approximate surface area is 165 Å². The highest BCUT2D eigenvalue weighted by Crippen LogP contribution is 2.32. The van der Waals surface area contributed by atoms with Gasteiger partial charge in [0.05, 0.1) is 4.91 Å². The van der Waals surface area contributed by atoms with Gasteiger partial charge in [0.25, 0.3) is 5.91 Å². The summed E-state index contributed by atoms with van der Waals surface area (Å²) in [6.07, 6.45) is 3.66. The maximum Gasteiger partial charge on any atom is 0.303 e. The minimum absolute atomic E-state index is 0.116. The maximum atomic E-state index is 13.0. The summed E-state index contributed by atoms with van der Waals surface area (Å²) >= 11 is 6.28. The molecule has 0 aromatic heterocycles. The number of rotatable bonds is 9. The molecule has 0 radical (unpaired) electrons. The van der Waals surface area contributed by atoms with Gasteiger partial charge < -0.3 is 10.4 Å². The number of hydrogen-bond donors (Lipinski definition) is 2. The molecule has 9 heteroatoms. The van der Waals surface area contributed by atoms with Crippen LogP contribution in [0.5, 0.6) is 0 Å². The van der Waals surface area contributed by atoms with E-state index in [2.05, 4.69) is 5.32 Å². The normalized spacial score (nSPS) is 15.4. The zero-order valence-electron chi connectivity index (χ0n) is 14.4. The average molecular weight is 410 g/mol. The number of amides is 2. The van der Waals surface area contributed by atoms with Gasteiger partial charge in [-0.25, -0.2) is 4.39 Å². The van der Waals surface area contributed by atoms with E-state index in [-0.39, 0.29) is 30.6 Å². The van der Waals surface area contributed by atoms with Crippen LogP contribution >= 0.6 is 24.0 Å². The van der Waals surface area contributed by atoms with Gasteiger partial charge in [-0.1, -0.05) is 42.5 Å². The minimum Gasteiger partial charge on any atom is -0.481 e. The van der Waals surface area contributed by atoms with Crippen molar-refractivity contribution in [1.29, 1.82) is 0 Å². The lowest BCUT2D eigenvalue weighted by Crippen LogP contribution is -2.39. The van der Waals surface area contributed by atoms with Crippen LogP contribution in [0, 0.1) is 5.82 Å². The SMILES string of the molecule is O=C(O)CCCCCNC(=O)CN1C(=O)/C(=C/c2ccc(F)cc2)SC1=S. The van der Waals surface area contributed by atoms with Crippen molar-refractivity contribution in [3.8, 4) is 0 Å². The Balaban J connectivity index is 1.81. The fourth-order valence-corrected chi connectivity index (χ4v) is 3.61. The van der Waals surface area contributed by atoms with Gasteiger partial charge in [-0.2, -0.15) is 0 Å². The first-order chi connectivity index (χ1) is 12.9. The fourth-order valence-electron chi connectivity index (χ4n) is 2.35. The molecule has 0 saturated carbocycles. The van der Waals surface area contributed by atoms with Crippen LogP contribution in [-0.4, -0.2) is 45.2 Å². The highest BCUT2D eigenvalue weighted by Gasteiger charge is 2.33. The number of thioether (sulfide) groups is 1. The van der Waals surface area contributed by atoms with Crippen LogP contribution in [0.25, 0.3) is 6.08 Å². The van der Waals surface area contributed by atoms with Crippen LogP contribution in [0.4, 0.5) is 4.39 Å². The van der Waals surface area contributed by atoms with E-state index in [1.54, 1.807) is 18.2 Å². The molecule has 2 amide bonds. The molecule has 1 aliphatic rings. The van der Waals surface area contributed by atoms with E-state index < -0.39 is 5.97 Å². The first-order valence-electron chi connectivity index (χ1n) is 8.36. The lowest BCUT2D eigenvalue weighted by molar-refractivity contribution is -0.137. The zero-order chi connectivity index (χ0) is 19.8. The summed E-state index contributed by atoms with van der Waals surface area (Å²) in [6.45, 7) is 0.249. The number of hydrogen-bond acceptors (Lipinski definition) is 5. The number of carboxylic acids is 1. The van der Waals surface area contributed by atoms with Gasteiger partial charge in [0.1, 0.15) is 16.7 Å². The van der Waals surface area contributed by atoms with Crippen molar-refractivity contribution in [2.24, 2.45) is 0 Å². The number of halogens is 1. The predicted octanol–water partition coefficient (Wildman–Crippen LogP) is 2.79. The average Bonchev–Trinajstić information content (AvgIpc) is 2.87. The van der Waals surface area contributed by atoms with Crippen molar-refractivity contribution in [2.75, 3.05) is 13.1 Å². The first kappa shape index (κ1) is 21.0. The Morgan fingerprint density at radius 2 is 1.93 bits per heavy atom. The number of carbonyl (C=O) groups excluding carboxylic acids is 2. The molecule has 1 aromatic rings. The highest BCUT2D eigenvalue weighted by atomic mass is 32.2. The number of benzene rings is 1. The standard InChI is InChI=1S/C18H19FN2O4S2/c19-13-7-5-12(6-8-13)10-14-17(25)21(18(26)27-14)11-15(22)20-9-3-1-2-4-16(23)24/h5-8,10H,1-4,9,11H2,(H,20,22)(H,23,24)/b14-10-. The predicted molar refractivity (Wildman–Crippen MR) is 105 cm³/mol. The summed E-state index contributed by atoms with van der Waals surface area (Å²) in [5.74, 6) is -1.88. The molecule has 0 unspecified atom stereocenters. The van der Waals surface area contributed by atoms with E-state index in [0.29, 0.717) is 40.6 Å². The topological polar surface area (TPSA) is 86.7 Å². The van der Waals surface area contributed by atoms with Crippen molar-refractivity contribution >= 4 is 52.2 Å². The van der Waals surface area contributed by atoms with Crippen molar-refractivity contribution in [1.82, 2.24) is 10.2 Å². The molecule has 1 saturated heterocycles. The second kappa shape index (κ2) is 10.2. The molecule has 0 spiro atoms. The van der Waals surface area contributed by atoms with Crippen molar-refractivity contribution in [3.05, 3.63) is 40.6 Å². The summed E-state index contributed by atoms with van der Waals surface area (Å²) in [6, 6.07) is 5.71. The molecular weight excluding hydrogens is 391 g/mol. The number of carboxylic acid groups (broad SMARTS) is 1. The third-order valence-electron chi connectivity index (χ3n) is 3.73. The fraction of sp³-hybridized carbons (Fsp3) is 0.333. The smallest absolute Gasteiger partial charge is 0.303 e. The number of unbranched alkanes of at least 4 members (excludes halogenated alkanes) is 2. The molecule has 6 nitrogen and oxygen atoms in total. The molecular formula is C18H19FN2O4S2. The molecule has 2 rings (SSSR count). The molecule has 1 heterocycles. The van der Waals surface area contributed by atoms with Crippen molar-refractivity contribution in [3.63, 3.8) is 0 Å². The van der Waals surface area contributed by atoms with Crippen molar-refractivity contribution < 1.29 is 23.9 Å². The van der Waals surface area contributed by atoms with Gasteiger partial charge >= 0.3 is 5.97 Å². The van der Waals surface area contributed by atoms with E-state index in [9.17, 15) is 18.8 Å². The third kappa shape index (κ3) is 6.76. The number of nitrogens with zero attached hydrogens (tertiary/aromatic N) is 1. The molecule has 0 aliphatic carbocycles. The van der Waals surface area contributed by atoms with Gasteiger partial charge in [-0.05, 0) is 36.6 Å². The number of nitrogens with one attached hydrogen (secondary N) is 1.